The highest BCUT2D eigenvalue weighted by atomic mass is 16.5. The van der Waals surface area contributed by atoms with Crippen LogP contribution in [0.2, 0.25) is 0 Å². The number of carbonyl (C=O) groups excluding carboxylic acids is 1. The molecule has 2 unspecified atom stereocenters. The molecule has 1 aromatic rings. The molecule has 1 amide bonds. The lowest BCUT2D eigenvalue weighted by Crippen LogP contribution is -2.49. The standard InChI is InChI=1S/C21H26N4O2/c1-2-3-9-21(23-24-21)10-8-20(26)25-11-12-27-15-17(25)13-16-14-22-19-7-5-4-6-18(16)19/h1,4-7,16-17,22H,3,8-15H2. The van der Waals surface area contributed by atoms with Gasteiger partial charge in [-0.1, -0.05) is 18.2 Å². The average Bonchev–Trinajstić information content (AvgIpc) is 3.38. The van der Waals surface area contributed by atoms with Gasteiger partial charge in [0.1, 0.15) is 0 Å². The zero-order chi connectivity index (χ0) is 18.7. The fraction of sp³-hybridized carbons (Fsp3) is 0.571. The molecule has 2 atom stereocenters. The van der Waals surface area contributed by atoms with Gasteiger partial charge in [-0.05, 0) is 18.1 Å². The maximum absolute atomic E-state index is 12.9. The van der Waals surface area contributed by atoms with Gasteiger partial charge in [0.2, 0.25) is 5.91 Å². The third kappa shape index (κ3) is 3.98. The summed E-state index contributed by atoms with van der Waals surface area (Å²) in [5, 5.41) is 11.8. The first-order valence-electron chi connectivity index (χ1n) is 9.78. The number of carbonyl (C=O) groups is 1. The van der Waals surface area contributed by atoms with Crippen molar-refractivity contribution in [2.24, 2.45) is 10.2 Å². The van der Waals surface area contributed by atoms with Crippen LogP contribution in [-0.2, 0) is 9.53 Å². The molecule has 142 valence electrons. The van der Waals surface area contributed by atoms with Crippen molar-refractivity contribution < 1.29 is 9.53 Å². The Balaban J connectivity index is 1.35. The summed E-state index contributed by atoms with van der Waals surface area (Å²) in [7, 11) is 0. The van der Waals surface area contributed by atoms with Gasteiger partial charge >= 0.3 is 0 Å². The Morgan fingerprint density at radius 2 is 2.22 bits per heavy atom. The monoisotopic (exact) mass is 366 g/mol. The van der Waals surface area contributed by atoms with Gasteiger partial charge in [0.05, 0.1) is 19.3 Å². The van der Waals surface area contributed by atoms with Gasteiger partial charge in [-0.15, -0.1) is 12.3 Å². The van der Waals surface area contributed by atoms with E-state index >= 15 is 0 Å². The van der Waals surface area contributed by atoms with Crippen LogP contribution in [0.1, 0.15) is 43.6 Å². The first-order valence-corrected chi connectivity index (χ1v) is 9.78. The molecular formula is C21H26N4O2. The van der Waals surface area contributed by atoms with Crippen molar-refractivity contribution in [2.75, 3.05) is 31.6 Å². The summed E-state index contributed by atoms with van der Waals surface area (Å²) in [5.74, 6) is 3.23. The molecule has 1 N–H and O–H groups in total. The number of amides is 1. The van der Waals surface area contributed by atoms with E-state index in [9.17, 15) is 4.79 Å². The van der Waals surface area contributed by atoms with Crippen LogP contribution in [0.15, 0.2) is 34.5 Å². The Kier molecular flexibility index (Phi) is 5.13. The third-order valence-corrected chi connectivity index (χ3v) is 5.84. The van der Waals surface area contributed by atoms with Crippen LogP contribution in [0, 0.1) is 12.3 Å². The van der Waals surface area contributed by atoms with Gasteiger partial charge in [0.15, 0.2) is 5.66 Å². The highest BCUT2D eigenvalue weighted by Gasteiger charge is 2.40. The van der Waals surface area contributed by atoms with E-state index in [2.05, 4.69) is 45.7 Å². The number of para-hydroxylation sites is 1. The minimum Gasteiger partial charge on any atom is -0.384 e. The van der Waals surface area contributed by atoms with Crippen molar-refractivity contribution in [3.05, 3.63) is 29.8 Å². The molecule has 1 aromatic carbocycles. The molecule has 6 heteroatoms. The molecule has 0 aromatic heterocycles. The highest BCUT2D eigenvalue weighted by Crippen LogP contribution is 2.38. The topological polar surface area (TPSA) is 66.3 Å². The van der Waals surface area contributed by atoms with E-state index in [0.29, 0.717) is 44.9 Å². The maximum atomic E-state index is 12.9. The summed E-state index contributed by atoms with van der Waals surface area (Å²) in [6.45, 7) is 2.81. The zero-order valence-electron chi connectivity index (χ0n) is 15.6. The Bertz CT molecular complexity index is 764. The predicted octanol–water partition coefficient (Wildman–Crippen LogP) is 3.17. The molecule has 3 heterocycles. The van der Waals surface area contributed by atoms with Crippen LogP contribution in [-0.4, -0.2) is 48.8 Å². The number of rotatable bonds is 7. The van der Waals surface area contributed by atoms with E-state index in [-0.39, 0.29) is 11.9 Å². The number of nitrogens with zero attached hydrogens (tertiary/aromatic N) is 3. The SMILES string of the molecule is C#CCCC1(CCC(=O)N2CCOCC2CC2CNc3ccccc32)N=N1. The van der Waals surface area contributed by atoms with Gasteiger partial charge < -0.3 is 15.0 Å². The van der Waals surface area contributed by atoms with Crippen LogP contribution >= 0.6 is 0 Å². The summed E-state index contributed by atoms with van der Waals surface area (Å²) in [4.78, 5) is 14.9. The molecule has 27 heavy (non-hydrogen) atoms. The minimum absolute atomic E-state index is 0.124. The zero-order valence-corrected chi connectivity index (χ0v) is 15.6. The molecule has 6 nitrogen and oxygen atoms in total. The molecule has 1 saturated heterocycles. The number of nitrogens with one attached hydrogen (secondary N) is 1. The lowest BCUT2D eigenvalue weighted by atomic mass is 9.92. The van der Waals surface area contributed by atoms with E-state index < -0.39 is 5.66 Å². The van der Waals surface area contributed by atoms with E-state index in [1.807, 2.05) is 4.90 Å². The largest absolute Gasteiger partial charge is 0.384 e. The van der Waals surface area contributed by atoms with E-state index in [1.54, 1.807) is 0 Å². The van der Waals surface area contributed by atoms with Gasteiger partial charge in [0.25, 0.3) is 0 Å². The van der Waals surface area contributed by atoms with Gasteiger partial charge in [-0.3, -0.25) is 4.79 Å². The van der Waals surface area contributed by atoms with Crippen LogP contribution in [0.3, 0.4) is 0 Å². The summed E-state index contributed by atoms with van der Waals surface area (Å²) in [6, 6.07) is 8.56. The second-order valence-corrected chi connectivity index (χ2v) is 7.60. The third-order valence-electron chi connectivity index (χ3n) is 5.84. The van der Waals surface area contributed by atoms with Crippen molar-refractivity contribution in [3.8, 4) is 12.3 Å². The first kappa shape index (κ1) is 18.0. The van der Waals surface area contributed by atoms with Crippen LogP contribution in [0.5, 0.6) is 0 Å². The second-order valence-electron chi connectivity index (χ2n) is 7.60. The Morgan fingerprint density at radius 3 is 3.04 bits per heavy atom. The Hall–Kier alpha value is -2.39. The molecule has 0 spiro atoms. The van der Waals surface area contributed by atoms with Crippen LogP contribution in [0.4, 0.5) is 5.69 Å². The normalized spacial score (nSPS) is 24.8. The molecule has 3 aliphatic heterocycles. The molecule has 0 saturated carbocycles. The number of hydrogen-bond donors (Lipinski definition) is 1. The van der Waals surface area contributed by atoms with E-state index in [4.69, 9.17) is 11.2 Å². The highest BCUT2D eigenvalue weighted by molar-refractivity contribution is 5.77. The van der Waals surface area contributed by atoms with Crippen molar-refractivity contribution in [1.29, 1.82) is 0 Å². The number of fused-ring (bicyclic) bond motifs is 1. The van der Waals surface area contributed by atoms with Crippen molar-refractivity contribution in [2.45, 2.75) is 49.7 Å². The summed E-state index contributed by atoms with van der Waals surface area (Å²) in [6.07, 6.45) is 8.78. The second kappa shape index (κ2) is 7.69. The number of benzene rings is 1. The number of terminal acetylenes is 1. The number of ether oxygens (including phenoxy) is 1. The first-order chi connectivity index (χ1) is 13.2. The quantitative estimate of drug-likeness (QED) is 0.754. The molecule has 0 bridgehead atoms. The van der Waals surface area contributed by atoms with Crippen molar-refractivity contribution >= 4 is 11.6 Å². The van der Waals surface area contributed by atoms with E-state index in [1.165, 1.54) is 11.3 Å². The average molecular weight is 366 g/mol. The Morgan fingerprint density at radius 1 is 1.37 bits per heavy atom. The maximum Gasteiger partial charge on any atom is 0.223 e. The van der Waals surface area contributed by atoms with Gasteiger partial charge in [-0.25, -0.2) is 0 Å². The smallest absolute Gasteiger partial charge is 0.223 e. The molecule has 4 rings (SSSR count). The summed E-state index contributed by atoms with van der Waals surface area (Å²) in [5.41, 5.74) is 2.17. The molecule has 1 fully saturated rings. The molecular weight excluding hydrogens is 340 g/mol. The van der Waals surface area contributed by atoms with Crippen molar-refractivity contribution in [1.82, 2.24) is 4.90 Å². The molecule has 3 aliphatic rings. The van der Waals surface area contributed by atoms with Crippen molar-refractivity contribution in [3.63, 3.8) is 0 Å². The van der Waals surface area contributed by atoms with Crippen LogP contribution < -0.4 is 5.32 Å². The molecule has 0 radical (unpaired) electrons. The van der Waals surface area contributed by atoms with Gasteiger partial charge in [0, 0.05) is 50.4 Å². The fourth-order valence-corrected chi connectivity index (χ4v) is 4.19. The lowest BCUT2D eigenvalue weighted by molar-refractivity contribution is -0.140. The van der Waals surface area contributed by atoms with Crippen LogP contribution in [0.25, 0.3) is 0 Å². The Labute approximate surface area is 160 Å². The fourth-order valence-electron chi connectivity index (χ4n) is 4.19. The van der Waals surface area contributed by atoms with E-state index in [0.717, 1.165) is 19.4 Å². The predicted molar refractivity (Wildman–Crippen MR) is 103 cm³/mol. The number of hydrogen-bond acceptors (Lipinski definition) is 5. The number of morpholine rings is 1. The molecule has 0 aliphatic carbocycles. The number of anilines is 1. The lowest BCUT2D eigenvalue weighted by Gasteiger charge is -2.37. The summed E-state index contributed by atoms with van der Waals surface area (Å²) < 4.78 is 5.70. The van der Waals surface area contributed by atoms with Gasteiger partial charge in [-0.2, -0.15) is 10.2 Å². The summed E-state index contributed by atoms with van der Waals surface area (Å²) >= 11 is 0. The minimum atomic E-state index is -0.391.